The molecule has 0 unspecified atom stereocenters. The first-order valence-electron chi connectivity index (χ1n) is 5.36. The Balaban J connectivity index is 0.00000144. The third kappa shape index (κ3) is 3.09. The highest BCUT2D eigenvalue weighted by molar-refractivity contribution is 7.88. The van der Waals surface area contributed by atoms with Crippen molar-refractivity contribution in [2.75, 3.05) is 32.4 Å². The van der Waals surface area contributed by atoms with Crippen molar-refractivity contribution in [1.82, 2.24) is 9.21 Å². The van der Waals surface area contributed by atoms with E-state index in [4.69, 9.17) is 5.73 Å². The number of carbonyl (C=O) groups is 1. The molecule has 2 N–H and O–H groups in total. The maximum atomic E-state index is 11.9. The number of carbonyl (C=O) groups excluding carboxylic acids is 1. The summed E-state index contributed by atoms with van der Waals surface area (Å²) in [4.78, 5) is 13.5. The molecular weight excluding hydrogens is 266 g/mol. The van der Waals surface area contributed by atoms with Crippen molar-refractivity contribution < 1.29 is 13.2 Å². The fraction of sp³-hybridized carbons (Fsp3) is 0.889. The number of hydrogen-bond acceptors (Lipinski definition) is 4. The average molecular weight is 284 g/mol. The van der Waals surface area contributed by atoms with E-state index in [1.54, 1.807) is 4.90 Å². The van der Waals surface area contributed by atoms with Gasteiger partial charge in [0.2, 0.25) is 15.9 Å². The van der Waals surface area contributed by atoms with Crippen LogP contribution in [0.3, 0.4) is 0 Å². The van der Waals surface area contributed by atoms with Crippen molar-refractivity contribution in [2.45, 2.75) is 18.4 Å². The van der Waals surface area contributed by atoms with Crippen LogP contribution in [0, 0.1) is 0 Å². The lowest BCUT2D eigenvalue weighted by Crippen LogP contribution is -2.54. The summed E-state index contributed by atoms with van der Waals surface area (Å²) >= 11 is 0. The van der Waals surface area contributed by atoms with Crippen LogP contribution in [-0.4, -0.2) is 61.5 Å². The van der Waals surface area contributed by atoms with Crippen LogP contribution >= 0.6 is 12.4 Å². The highest BCUT2D eigenvalue weighted by Gasteiger charge is 2.48. The molecule has 1 saturated heterocycles. The highest BCUT2D eigenvalue weighted by atomic mass is 35.5. The maximum Gasteiger partial charge on any atom is 0.242 e. The Labute approximate surface area is 108 Å². The van der Waals surface area contributed by atoms with Gasteiger partial charge in [0.15, 0.2) is 0 Å². The van der Waals surface area contributed by atoms with Gasteiger partial charge in [-0.25, -0.2) is 8.42 Å². The molecule has 1 amide bonds. The monoisotopic (exact) mass is 283 g/mol. The molecule has 0 bridgehead atoms. The summed E-state index contributed by atoms with van der Waals surface area (Å²) in [5.41, 5.74) is 5.17. The average Bonchev–Trinajstić information content (AvgIpc) is 2.96. The zero-order valence-corrected chi connectivity index (χ0v) is 11.4. The molecule has 1 heterocycles. The van der Waals surface area contributed by atoms with Gasteiger partial charge < -0.3 is 10.6 Å². The Bertz CT molecular complexity index is 400. The van der Waals surface area contributed by atoms with E-state index >= 15 is 0 Å². The van der Waals surface area contributed by atoms with Crippen molar-refractivity contribution in [2.24, 2.45) is 5.73 Å². The van der Waals surface area contributed by atoms with E-state index in [0.29, 0.717) is 26.2 Å². The number of nitrogens with zero attached hydrogens (tertiary/aromatic N) is 2. The second-order valence-electron chi connectivity index (χ2n) is 4.61. The van der Waals surface area contributed by atoms with Crippen LogP contribution < -0.4 is 5.73 Å². The predicted octanol–water partition coefficient (Wildman–Crippen LogP) is -0.997. The first-order valence-corrected chi connectivity index (χ1v) is 7.21. The molecule has 100 valence electrons. The van der Waals surface area contributed by atoms with Gasteiger partial charge >= 0.3 is 0 Å². The van der Waals surface area contributed by atoms with Gasteiger partial charge in [-0.1, -0.05) is 0 Å². The minimum atomic E-state index is -3.13. The van der Waals surface area contributed by atoms with Crippen LogP contribution in [-0.2, 0) is 14.8 Å². The lowest BCUT2D eigenvalue weighted by Gasteiger charge is -2.34. The molecule has 1 aliphatic heterocycles. The van der Waals surface area contributed by atoms with Crippen LogP contribution in [0.1, 0.15) is 12.8 Å². The molecule has 0 spiro atoms. The van der Waals surface area contributed by atoms with E-state index in [0.717, 1.165) is 12.8 Å². The van der Waals surface area contributed by atoms with Gasteiger partial charge in [-0.3, -0.25) is 4.79 Å². The third-order valence-corrected chi connectivity index (χ3v) is 4.51. The SMILES string of the molecule is CS(=O)(=O)N1CCN(C(=O)C2(N)CC2)CC1.Cl. The molecule has 8 heteroatoms. The van der Waals surface area contributed by atoms with Gasteiger partial charge in [0.25, 0.3) is 0 Å². The van der Waals surface area contributed by atoms with E-state index in [2.05, 4.69) is 0 Å². The summed E-state index contributed by atoms with van der Waals surface area (Å²) in [5.74, 6) is -0.0272. The predicted molar refractivity (Wildman–Crippen MR) is 66.4 cm³/mol. The van der Waals surface area contributed by atoms with E-state index in [1.165, 1.54) is 10.6 Å². The van der Waals surface area contributed by atoms with Crippen LogP contribution in [0.15, 0.2) is 0 Å². The Kier molecular flexibility index (Phi) is 4.08. The molecule has 0 radical (unpaired) electrons. The van der Waals surface area contributed by atoms with Crippen LogP contribution in [0.5, 0.6) is 0 Å². The van der Waals surface area contributed by atoms with Gasteiger partial charge in [0.05, 0.1) is 11.8 Å². The van der Waals surface area contributed by atoms with Gasteiger partial charge in [-0.2, -0.15) is 4.31 Å². The summed E-state index contributed by atoms with van der Waals surface area (Å²) < 4.78 is 23.9. The normalized spacial score (nSPS) is 24.0. The van der Waals surface area contributed by atoms with E-state index in [-0.39, 0.29) is 18.3 Å². The van der Waals surface area contributed by atoms with Crippen LogP contribution in [0.2, 0.25) is 0 Å². The molecule has 0 atom stereocenters. The second kappa shape index (κ2) is 4.72. The molecule has 0 aromatic heterocycles. The Morgan fingerprint density at radius 1 is 1.18 bits per heavy atom. The number of hydrogen-bond donors (Lipinski definition) is 1. The summed E-state index contributed by atoms with van der Waals surface area (Å²) in [7, 11) is -3.13. The molecular formula is C9H18ClN3O3S. The fourth-order valence-corrected chi connectivity index (χ4v) is 2.71. The van der Waals surface area contributed by atoms with Crippen LogP contribution in [0.25, 0.3) is 0 Å². The summed E-state index contributed by atoms with van der Waals surface area (Å²) in [5, 5.41) is 0. The van der Waals surface area contributed by atoms with Crippen molar-refractivity contribution in [1.29, 1.82) is 0 Å². The minimum absolute atomic E-state index is 0. The first-order chi connectivity index (χ1) is 7.33. The van der Waals surface area contributed by atoms with E-state index in [9.17, 15) is 13.2 Å². The van der Waals surface area contributed by atoms with Crippen molar-refractivity contribution in [3.05, 3.63) is 0 Å². The molecule has 6 nitrogen and oxygen atoms in total. The lowest BCUT2D eigenvalue weighted by atomic mass is 10.2. The quantitative estimate of drug-likeness (QED) is 0.705. The summed E-state index contributed by atoms with van der Waals surface area (Å²) in [6.45, 7) is 1.65. The van der Waals surface area contributed by atoms with E-state index in [1.807, 2.05) is 0 Å². The molecule has 1 aliphatic carbocycles. The molecule has 0 aromatic rings. The zero-order chi connectivity index (χ0) is 12.0. The molecule has 0 aromatic carbocycles. The molecule has 1 saturated carbocycles. The number of rotatable bonds is 2. The van der Waals surface area contributed by atoms with E-state index < -0.39 is 15.6 Å². The Morgan fingerprint density at radius 2 is 1.65 bits per heavy atom. The third-order valence-electron chi connectivity index (χ3n) is 3.21. The van der Waals surface area contributed by atoms with Gasteiger partial charge in [0.1, 0.15) is 0 Å². The number of piperazine rings is 1. The molecule has 2 aliphatic rings. The summed E-state index contributed by atoms with van der Waals surface area (Å²) in [6, 6.07) is 0. The lowest BCUT2D eigenvalue weighted by molar-refractivity contribution is -0.134. The van der Waals surface area contributed by atoms with Crippen molar-refractivity contribution >= 4 is 28.3 Å². The zero-order valence-electron chi connectivity index (χ0n) is 9.76. The second-order valence-corrected chi connectivity index (χ2v) is 6.59. The summed E-state index contributed by atoms with van der Waals surface area (Å²) in [6.07, 6.45) is 2.69. The maximum absolute atomic E-state index is 11.9. The molecule has 17 heavy (non-hydrogen) atoms. The minimum Gasteiger partial charge on any atom is -0.338 e. The number of amides is 1. The Hall–Kier alpha value is -0.370. The van der Waals surface area contributed by atoms with Crippen molar-refractivity contribution in [3.8, 4) is 0 Å². The number of nitrogens with two attached hydrogens (primary N) is 1. The fourth-order valence-electron chi connectivity index (χ4n) is 1.89. The van der Waals surface area contributed by atoms with Crippen molar-refractivity contribution in [3.63, 3.8) is 0 Å². The topological polar surface area (TPSA) is 83.7 Å². The van der Waals surface area contributed by atoms with Gasteiger partial charge in [-0.05, 0) is 12.8 Å². The number of halogens is 1. The Morgan fingerprint density at radius 3 is 2.00 bits per heavy atom. The highest BCUT2D eigenvalue weighted by Crippen LogP contribution is 2.34. The largest absolute Gasteiger partial charge is 0.338 e. The number of sulfonamides is 1. The smallest absolute Gasteiger partial charge is 0.242 e. The van der Waals surface area contributed by atoms with Gasteiger partial charge in [0, 0.05) is 26.2 Å². The first kappa shape index (κ1) is 14.7. The standard InChI is InChI=1S/C9H17N3O3S.ClH/c1-16(14,15)12-6-4-11(5-7-12)8(13)9(10)2-3-9;/h2-7,10H2,1H3;1H. The molecule has 2 rings (SSSR count). The van der Waals surface area contributed by atoms with Crippen LogP contribution in [0.4, 0.5) is 0 Å². The molecule has 2 fully saturated rings. The van der Waals surface area contributed by atoms with Gasteiger partial charge in [-0.15, -0.1) is 12.4 Å².